The van der Waals surface area contributed by atoms with Gasteiger partial charge in [-0.05, 0) is 46.4 Å². The van der Waals surface area contributed by atoms with Gasteiger partial charge in [0.2, 0.25) is 0 Å². The number of azo groups is 1. The summed E-state index contributed by atoms with van der Waals surface area (Å²) in [5.41, 5.74) is 7.06. The van der Waals surface area contributed by atoms with Crippen molar-refractivity contribution in [2.75, 3.05) is 10.9 Å². The Hall–Kier alpha value is -4.38. The van der Waals surface area contributed by atoms with E-state index in [1.807, 2.05) is 60.7 Å². The van der Waals surface area contributed by atoms with Crippen LogP contribution < -0.4 is 10.9 Å². The molecule has 0 fully saturated rings. The Morgan fingerprint density at radius 2 is 1.56 bits per heavy atom. The first-order chi connectivity index (χ1) is 16.4. The molecule has 0 atom stereocenters. The third kappa shape index (κ3) is 4.55. The summed E-state index contributed by atoms with van der Waals surface area (Å²) in [7, 11) is 0. The van der Waals surface area contributed by atoms with Gasteiger partial charge in [-0.15, -0.1) is 10.2 Å². The lowest BCUT2D eigenvalue weighted by atomic mass is 10.1. The van der Waals surface area contributed by atoms with Crippen molar-refractivity contribution in [3.05, 3.63) is 103 Å². The number of hydrazine groups is 1. The molecule has 0 amide bonds. The molecular weight excluding hydrogens is 504 g/mol. The molecule has 0 saturated heterocycles. The van der Waals surface area contributed by atoms with Crippen molar-refractivity contribution in [1.29, 1.82) is 0 Å². The predicted octanol–water partition coefficient (Wildman–Crippen LogP) is 7.58. The number of fused-ring (bicyclic) bond motifs is 1. The van der Waals surface area contributed by atoms with Crippen molar-refractivity contribution >= 4 is 60.8 Å². The van der Waals surface area contributed by atoms with Crippen LogP contribution in [0.1, 0.15) is 5.56 Å². The Labute approximate surface area is 201 Å². The topological polar surface area (TPSA) is 135 Å². The SMILES string of the molecule is Cc1c([N+](=O)[O-])cc(Br)c(N=Nc2ccc3ccccc3c2NNc2ccccc2)c1[N+](=O)[O-]. The lowest BCUT2D eigenvalue weighted by Gasteiger charge is -2.14. The summed E-state index contributed by atoms with van der Waals surface area (Å²) in [6.45, 7) is 1.31. The van der Waals surface area contributed by atoms with E-state index in [1.54, 1.807) is 6.07 Å². The molecule has 4 aromatic carbocycles. The third-order valence-electron chi connectivity index (χ3n) is 5.10. The van der Waals surface area contributed by atoms with Crippen LogP contribution >= 0.6 is 15.9 Å². The Kier molecular flexibility index (Phi) is 6.46. The minimum atomic E-state index is -0.696. The maximum absolute atomic E-state index is 11.7. The summed E-state index contributed by atoms with van der Waals surface area (Å²) in [6.07, 6.45) is 0. The molecule has 0 unspecified atom stereocenters. The zero-order valence-corrected chi connectivity index (χ0v) is 19.3. The summed E-state index contributed by atoms with van der Waals surface area (Å²) in [5.74, 6) is 0. The van der Waals surface area contributed by atoms with Crippen LogP contribution in [0.15, 0.2) is 87.5 Å². The van der Waals surface area contributed by atoms with Gasteiger partial charge >= 0.3 is 5.69 Å². The molecule has 0 heterocycles. The number of benzene rings is 4. The Balaban J connectivity index is 1.81. The first-order valence-electron chi connectivity index (χ1n) is 9.99. The lowest BCUT2D eigenvalue weighted by Crippen LogP contribution is -2.09. The minimum Gasteiger partial charge on any atom is -0.301 e. The smallest absolute Gasteiger partial charge is 0.301 e. The van der Waals surface area contributed by atoms with Crippen molar-refractivity contribution in [3.8, 4) is 0 Å². The van der Waals surface area contributed by atoms with E-state index in [-0.39, 0.29) is 21.4 Å². The average molecular weight is 521 g/mol. The van der Waals surface area contributed by atoms with Crippen molar-refractivity contribution in [2.45, 2.75) is 6.92 Å². The van der Waals surface area contributed by atoms with Gasteiger partial charge in [-0.1, -0.05) is 48.5 Å². The highest BCUT2D eigenvalue weighted by Gasteiger charge is 2.29. The van der Waals surface area contributed by atoms with E-state index in [0.29, 0.717) is 11.4 Å². The first kappa shape index (κ1) is 22.8. The number of nitro benzene ring substituents is 2. The largest absolute Gasteiger partial charge is 0.307 e. The van der Waals surface area contributed by atoms with Crippen LogP contribution in [-0.2, 0) is 0 Å². The monoisotopic (exact) mass is 520 g/mol. The minimum absolute atomic E-state index is 0.0953. The Morgan fingerprint density at radius 3 is 2.26 bits per heavy atom. The van der Waals surface area contributed by atoms with E-state index < -0.39 is 15.5 Å². The van der Waals surface area contributed by atoms with Gasteiger partial charge in [0.25, 0.3) is 5.69 Å². The van der Waals surface area contributed by atoms with Gasteiger partial charge in [-0.2, -0.15) is 0 Å². The molecule has 0 aliphatic rings. The van der Waals surface area contributed by atoms with E-state index in [4.69, 9.17) is 0 Å². The molecule has 0 saturated carbocycles. The summed E-state index contributed by atoms with van der Waals surface area (Å²) < 4.78 is 0.0953. The number of halogens is 1. The maximum atomic E-state index is 11.7. The van der Waals surface area contributed by atoms with Gasteiger partial charge in [0.1, 0.15) is 11.3 Å². The second kappa shape index (κ2) is 9.63. The molecule has 0 bridgehead atoms. The molecule has 0 aliphatic heterocycles. The summed E-state index contributed by atoms with van der Waals surface area (Å²) in [4.78, 5) is 21.6. The molecule has 4 rings (SSSR count). The zero-order chi connectivity index (χ0) is 24.2. The van der Waals surface area contributed by atoms with E-state index in [1.165, 1.54) is 13.0 Å². The highest BCUT2D eigenvalue weighted by atomic mass is 79.9. The highest BCUT2D eigenvalue weighted by Crippen LogP contribution is 2.44. The van der Waals surface area contributed by atoms with Crippen molar-refractivity contribution in [2.24, 2.45) is 10.2 Å². The van der Waals surface area contributed by atoms with E-state index >= 15 is 0 Å². The first-order valence-corrected chi connectivity index (χ1v) is 10.8. The van der Waals surface area contributed by atoms with Gasteiger partial charge in [-0.3, -0.25) is 25.7 Å². The van der Waals surface area contributed by atoms with Crippen LogP contribution in [0.25, 0.3) is 10.8 Å². The van der Waals surface area contributed by atoms with Crippen LogP contribution in [0.5, 0.6) is 0 Å². The molecule has 34 heavy (non-hydrogen) atoms. The Morgan fingerprint density at radius 1 is 0.853 bits per heavy atom. The maximum Gasteiger partial charge on any atom is 0.307 e. The number of hydrogen-bond donors (Lipinski definition) is 2. The molecule has 11 heteroatoms. The van der Waals surface area contributed by atoms with Crippen LogP contribution in [-0.4, -0.2) is 9.85 Å². The Bertz CT molecular complexity index is 1440. The number of nitrogens with zero attached hydrogens (tertiary/aromatic N) is 4. The third-order valence-corrected chi connectivity index (χ3v) is 5.71. The van der Waals surface area contributed by atoms with Gasteiger partial charge in [0, 0.05) is 11.5 Å². The predicted molar refractivity (Wildman–Crippen MR) is 134 cm³/mol. The van der Waals surface area contributed by atoms with Crippen LogP contribution in [0.4, 0.5) is 34.1 Å². The van der Waals surface area contributed by atoms with Crippen molar-refractivity contribution < 1.29 is 9.85 Å². The van der Waals surface area contributed by atoms with Crippen LogP contribution in [0.2, 0.25) is 0 Å². The molecule has 4 aromatic rings. The van der Waals surface area contributed by atoms with Crippen molar-refractivity contribution in [3.63, 3.8) is 0 Å². The highest BCUT2D eigenvalue weighted by molar-refractivity contribution is 9.10. The molecular formula is C23H17BrN6O4. The fraction of sp³-hybridized carbons (Fsp3) is 0.0435. The molecule has 170 valence electrons. The summed E-state index contributed by atoms with van der Waals surface area (Å²) >= 11 is 3.17. The molecule has 2 N–H and O–H groups in total. The molecule has 0 aliphatic carbocycles. The number of hydrogen-bond acceptors (Lipinski definition) is 8. The zero-order valence-electron chi connectivity index (χ0n) is 17.7. The number of nitrogens with one attached hydrogen (secondary N) is 2. The molecule has 0 spiro atoms. The van der Waals surface area contributed by atoms with Crippen molar-refractivity contribution in [1.82, 2.24) is 0 Å². The molecule has 0 radical (unpaired) electrons. The summed E-state index contributed by atoms with van der Waals surface area (Å²) in [5, 5.41) is 33.2. The average Bonchev–Trinajstić information content (AvgIpc) is 2.83. The van der Waals surface area contributed by atoms with E-state index in [2.05, 4.69) is 37.0 Å². The fourth-order valence-electron chi connectivity index (χ4n) is 3.45. The second-order valence-corrected chi connectivity index (χ2v) is 8.07. The molecule has 0 aromatic heterocycles. The van der Waals surface area contributed by atoms with E-state index in [0.717, 1.165) is 16.5 Å². The number of para-hydroxylation sites is 1. The van der Waals surface area contributed by atoms with Crippen LogP contribution in [0, 0.1) is 27.2 Å². The standard InChI is InChI=1S/C23H17BrN6O4/c1-14-20(29(31)32)13-18(24)22(23(14)30(33)34)28-26-19-12-11-15-7-5-6-10-17(15)21(19)27-25-16-8-3-2-4-9-16/h2-13,25,27H,1H3. The number of rotatable bonds is 7. The van der Waals surface area contributed by atoms with Gasteiger partial charge in [0.15, 0.2) is 5.69 Å². The fourth-order valence-corrected chi connectivity index (χ4v) is 3.94. The second-order valence-electron chi connectivity index (χ2n) is 7.21. The normalized spacial score (nSPS) is 11.0. The number of nitro groups is 2. The quantitative estimate of drug-likeness (QED) is 0.146. The van der Waals surface area contributed by atoms with Gasteiger partial charge < -0.3 is 5.43 Å². The van der Waals surface area contributed by atoms with Gasteiger partial charge in [0.05, 0.1) is 25.7 Å². The van der Waals surface area contributed by atoms with Gasteiger partial charge in [-0.25, -0.2) is 0 Å². The summed E-state index contributed by atoms with van der Waals surface area (Å²) in [6, 6.07) is 21.9. The molecule has 10 nitrogen and oxygen atoms in total. The van der Waals surface area contributed by atoms with Crippen LogP contribution in [0.3, 0.4) is 0 Å². The van der Waals surface area contributed by atoms with E-state index in [9.17, 15) is 20.2 Å². The number of anilines is 2. The lowest BCUT2D eigenvalue weighted by molar-refractivity contribution is -0.394.